The first-order chi connectivity index (χ1) is 13.4. The number of hydrogen-bond acceptors (Lipinski definition) is 3. The van der Waals surface area contributed by atoms with E-state index in [0.717, 1.165) is 30.8 Å². The van der Waals surface area contributed by atoms with Gasteiger partial charge in [0.2, 0.25) is 0 Å². The molecule has 3 aliphatic rings. The molecule has 2 unspecified atom stereocenters. The lowest BCUT2D eigenvalue weighted by Crippen LogP contribution is -2.31. The Morgan fingerprint density at radius 1 is 1.18 bits per heavy atom. The standard InChI is InChI=1S/C22H23Cl2N3O/c1-25(2)19-9-10-26(14-19)18-8-5-16-13-27(22(28)21(16)20(24)11-18)12-15-3-6-17(23)7-4-15/h3-4,6-7,11,16,19H,9-10,12-14H2,1-2H3. The van der Waals surface area contributed by atoms with Crippen molar-refractivity contribution in [2.75, 3.05) is 33.7 Å². The summed E-state index contributed by atoms with van der Waals surface area (Å²) in [7, 11) is 4.21. The molecule has 28 heavy (non-hydrogen) atoms. The fourth-order valence-electron chi connectivity index (χ4n) is 3.99. The summed E-state index contributed by atoms with van der Waals surface area (Å²) in [5.74, 6) is 6.43. The van der Waals surface area contributed by atoms with Crippen molar-refractivity contribution in [1.29, 1.82) is 0 Å². The second kappa shape index (κ2) is 7.83. The summed E-state index contributed by atoms with van der Waals surface area (Å²) in [4.78, 5) is 19.3. The highest BCUT2D eigenvalue weighted by atomic mass is 35.5. The van der Waals surface area contributed by atoms with E-state index in [-0.39, 0.29) is 11.8 Å². The number of carbonyl (C=O) groups is 1. The molecule has 2 saturated heterocycles. The van der Waals surface area contributed by atoms with Gasteiger partial charge in [0.15, 0.2) is 0 Å². The van der Waals surface area contributed by atoms with E-state index in [1.54, 1.807) is 0 Å². The van der Waals surface area contributed by atoms with E-state index in [2.05, 4.69) is 35.7 Å². The molecule has 1 aliphatic carbocycles. The third-order valence-corrected chi connectivity index (χ3v) is 6.25. The minimum absolute atomic E-state index is 0.0238. The Kier molecular flexibility index (Phi) is 5.42. The van der Waals surface area contributed by atoms with Gasteiger partial charge in [0.1, 0.15) is 0 Å². The minimum Gasteiger partial charge on any atom is -0.363 e. The summed E-state index contributed by atoms with van der Waals surface area (Å²) in [5, 5.41) is 1.20. The number of hydrogen-bond donors (Lipinski definition) is 0. The lowest BCUT2D eigenvalue weighted by atomic mass is 10.0. The molecule has 0 saturated carbocycles. The van der Waals surface area contributed by atoms with Crippen molar-refractivity contribution in [2.45, 2.75) is 19.0 Å². The Morgan fingerprint density at radius 2 is 1.93 bits per heavy atom. The highest BCUT2D eigenvalue weighted by molar-refractivity contribution is 6.34. The average molecular weight is 416 g/mol. The first-order valence-electron chi connectivity index (χ1n) is 9.50. The predicted octanol–water partition coefficient (Wildman–Crippen LogP) is 3.33. The van der Waals surface area contributed by atoms with E-state index < -0.39 is 0 Å². The maximum absolute atomic E-state index is 13.0. The molecule has 2 heterocycles. The maximum atomic E-state index is 13.0. The van der Waals surface area contributed by atoms with Gasteiger partial charge in [-0.3, -0.25) is 4.79 Å². The van der Waals surface area contributed by atoms with Gasteiger partial charge in [-0.1, -0.05) is 41.3 Å². The highest BCUT2D eigenvalue weighted by Crippen LogP contribution is 2.33. The van der Waals surface area contributed by atoms with Crippen molar-refractivity contribution in [3.8, 4) is 11.8 Å². The summed E-state index contributed by atoms with van der Waals surface area (Å²) in [5.41, 5.74) is 2.59. The lowest BCUT2D eigenvalue weighted by molar-refractivity contribution is -0.125. The van der Waals surface area contributed by atoms with Crippen molar-refractivity contribution >= 4 is 29.1 Å². The second-order valence-electron chi connectivity index (χ2n) is 7.78. The largest absolute Gasteiger partial charge is 0.363 e. The molecule has 4 nitrogen and oxygen atoms in total. The lowest BCUT2D eigenvalue weighted by Gasteiger charge is -2.21. The van der Waals surface area contributed by atoms with Crippen LogP contribution in [0.25, 0.3) is 0 Å². The Hall–Kier alpha value is -1.93. The number of rotatable bonds is 4. The van der Waals surface area contributed by atoms with Gasteiger partial charge in [0.25, 0.3) is 5.91 Å². The van der Waals surface area contributed by atoms with Gasteiger partial charge in [-0.25, -0.2) is 0 Å². The van der Waals surface area contributed by atoms with Crippen molar-refractivity contribution in [3.05, 3.63) is 57.2 Å². The van der Waals surface area contributed by atoms with Crippen LogP contribution in [0.1, 0.15) is 12.0 Å². The van der Waals surface area contributed by atoms with Crippen molar-refractivity contribution in [3.63, 3.8) is 0 Å². The van der Waals surface area contributed by atoms with Crippen molar-refractivity contribution < 1.29 is 4.79 Å². The number of allylic oxidation sites excluding steroid dienone is 3. The number of halogens is 2. The molecule has 4 rings (SSSR count). The molecular formula is C22H23Cl2N3O. The third-order valence-electron chi connectivity index (χ3n) is 5.69. The molecule has 0 aromatic heterocycles. The minimum atomic E-state index is -0.145. The van der Waals surface area contributed by atoms with E-state index >= 15 is 0 Å². The molecule has 2 atom stereocenters. The van der Waals surface area contributed by atoms with E-state index in [4.69, 9.17) is 23.2 Å². The number of benzene rings is 1. The number of amides is 1. The Labute approximate surface area is 176 Å². The van der Waals surface area contributed by atoms with Crippen molar-refractivity contribution in [2.24, 2.45) is 5.92 Å². The van der Waals surface area contributed by atoms with Crippen LogP contribution in [0.4, 0.5) is 0 Å². The fraction of sp³-hybridized carbons (Fsp3) is 0.409. The Morgan fingerprint density at radius 3 is 2.61 bits per heavy atom. The van der Waals surface area contributed by atoms with Crippen LogP contribution in [-0.2, 0) is 11.3 Å². The zero-order valence-electron chi connectivity index (χ0n) is 16.1. The molecule has 0 bridgehead atoms. The van der Waals surface area contributed by atoms with Crippen LogP contribution in [0, 0.1) is 17.8 Å². The topological polar surface area (TPSA) is 26.8 Å². The molecule has 2 fully saturated rings. The number of carbonyl (C=O) groups excluding carboxylic acids is 1. The molecular weight excluding hydrogens is 393 g/mol. The molecule has 2 aliphatic heterocycles. The SMILES string of the molecule is CN(C)C1CCN(C2=CC(Cl)=C3C(=O)N(Cc4ccc(Cl)cc4)CC3C#C2)C1. The summed E-state index contributed by atoms with van der Waals surface area (Å²) in [6.45, 7) is 3.01. The molecule has 0 radical (unpaired) electrons. The van der Waals surface area contributed by atoms with Gasteiger partial charge in [0, 0.05) is 37.2 Å². The van der Waals surface area contributed by atoms with Crippen LogP contribution in [0.15, 0.2) is 46.6 Å². The molecule has 1 aromatic carbocycles. The average Bonchev–Trinajstić information content (AvgIpc) is 3.22. The van der Waals surface area contributed by atoms with Crippen LogP contribution in [-0.4, -0.2) is 60.4 Å². The van der Waals surface area contributed by atoms with E-state index in [1.807, 2.05) is 35.2 Å². The summed E-state index contributed by atoms with van der Waals surface area (Å²) in [6, 6.07) is 8.09. The maximum Gasteiger partial charge on any atom is 0.252 e. The summed E-state index contributed by atoms with van der Waals surface area (Å²) in [6.07, 6.45) is 2.99. The summed E-state index contributed by atoms with van der Waals surface area (Å²) < 4.78 is 0. The predicted molar refractivity (Wildman–Crippen MR) is 113 cm³/mol. The Balaban J connectivity index is 1.53. The zero-order chi connectivity index (χ0) is 19.8. The zero-order valence-corrected chi connectivity index (χ0v) is 17.6. The fourth-order valence-corrected chi connectivity index (χ4v) is 4.44. The second-order valence-corrected chi connectivity index (χ2v) is 8.62. The molecule has 0 N–H and O–H groups in total. The van der Waals surface area contributed by atoms with E-state index in [0.29, 0.717) is 34.8 Å². The van der Waals surface area contributed by atoms with Gasteiger partial charge in [-0.15, -0.1) is 0 Å². The third kappa shape index (κ3) is 3.80. The first kappa shape index (κ1) is 19.4. The van der Waals surface area contributed by atoms with Crippen LogP contribution in [0.5, 0.6) is 0 Å². The van der Waals surface area contributed by atoms with Gasteiger partial charge >= 0.3 is 0 Å². The molecule has 0 spiro atoms. The van der Waals surface area contributed by atoms with E-state index in [1.165, 1.54) is 0 Å². The molecule has 146 valence electrons. The number of likely N-dealkylation sites (tertiary alicyclic amines) is 2. The van der Waals surface area contributed by atoms with Crippen LogP contribution < -0.4 is 0 Å². The van der Waals surface area contributed by atoms with E-state index in [9.17, 15) is 4.79 Å². The Bertz CT molecular complexity index is 908. The number of nitrogens with zero attached hydrogens (tertiary/aromatic N) is 3. The summed E-state index contributed by atoms with van der Waals surface area (Å²) >= 11 is 12.6. The van der Waals surface area contributed by atoms with Gasteiger partial charge < -0.3 is 14.7 Å². The van der Waals surface area contributed by atoms with Crippen LogP contribution in [0.2, 0.25) is 5.02 Å². The van der Waals surface area contributed by atoms with Crippen molar-refractivity contribution in [1.82, 2.24) is 14.7 Å². The number of likely N-dealkylation sites (N-methyl/N-ethyl adjacent to an activating group) is 1. The smallest absolute Gasteiger partial charge is 0.252 e. The van der Waals surface area contributed by atoms with Crippen LogP contribution >= 0.6 is 23.2 Å². The quantitative estimate of drug-likeness (QED) is 0.705. The monoisotopic (exact) mass is 415 g/mol. The first-order valence-corrected chi connectivity index (χ1v) is 10.3. The van der Waals surface area contributed by atoms with Gasteiger partial charge in [0.05, 0.1) is 22.2 Å². The number of fused-ring (bicyclic) bond motifs is 1. The molecule has 6 heteroatoms. The van der Waals surface area contributed by atoms with Crippen LogP contribution in [0.3, 0.4) is 0 Å². The van der Waals surface area contributed by atoms with Gasteiger partial charge in [-0.05, 0) is 50.2 Å². The molecule has 1 aromatic rings. The molecule has 1 amide bonds. The highest BCUT2D eigenvalue weighted by Gasteiger charge is 2.37. The normalized spacial score (nSPS) is 24.3. The van der Waals surface area contributed by atoms with Gasteiger partial charge in [-0.2, -0.15) is 0 Å².